The van der Waals surface area contributed by atoms with Gasteiger partial charge in [-0.3, -0.25) is 9.79 Å². The van der Waals surface area contributed by atoms with E-state index in [1.165, 1.54) is 0 Å². The molecule has 0 aliphatic rings. The summed E-state index contributed by atoms with van der Waals surface area (Å²) >= 11 is 5.80. The van der Waals surface area contributed by atoms with E-state index in [0.717, 1.165) is 35.7 Å². The van der Waals surface area contributed by atoms with Gasteiger partial charge in [-0.05, 0) is 41.7 Å². The molecule has 6 nitrogen and oxygen atoms in total. The first-order valence-electron chi connectivity index (χ1n) is 9.40. The van der Waals surface area contributed by atoms with Crippen LogP contribution in [0, 0.1) is 5.92 Å². The van der Waals surface area contributed by atoms with Crippen molar-refractivity contribution < 1.29 is 4.79 Å². The van der Waals surface area contributed by atoms with E-state index in [-0.39, 0.29) is 29.9 Å². The number of aliphatic imine (C=N–C) groups is 1. The second kappa shape index (κ2) is 13.4. The Bertz CT molecular complexity index is 796. The summed E-state index contributed by atoms with van der Waals surface area (Å²) in [5.41, 5.74) is 2.98. The Morgan fingerprint density at radius 2 is 1.97 bits per heavy atom. The van der Waals surface area contributed by atoms with Crippen molar-refractivity contribution in [3.8, 4) is 0 Å². The molecule has 0 fully saturated rings. The molecular weight excluding hydrogens is 501 g/mol. The van der Waals surface area contributed by atoms with Gasteiger partial charge >= 0.3 is 0 Å². The van der Waals surface area contributed by atoms with Gasteiger partial charge in [-0.1, -0.05) is 43.6 Å². The highest BCUT2D eigenvalue weighted by atomic mass is 127. The number of hydrogen-bond donors (Lipinski definition) is 3. The smallest absolute Gasteiger partial charge is 0.224 e. The third-order valence-corrected chi connectivity index (χ3v) is 4.21. The fraction of sp³-hybridized carbons (Fsp3) is 0.381. The Kier molecular flexibility index (Phi) is 11.6. The molecule has 0 saturated heterocycles. The van der Waals surface area contributed by atoms with Crippen LogP contribution in [-0.2, 0) is 17.8 Å². The minimum Gasteiger partial charge on any atom is -0.356 e. The molecule has 3 N–H and O–H groups in total. The van der Waals surface area contributed by atoms with E-state index in [2.05, 4.69) is 25.9 Å². The molecule has 0 aliphatic carbocycles. The zero-order valence-electron chi connectivity index (χ0n) is 17.0. The summed E-state index contributed by atoms with van der Waals surface area (Å²) in [6, 6.07) is 11.6. The number of rotatable bonds is 8. The molecule has 158 valence electrons. The van der Waals surface area contributed by atoms with Crippen molar-refractivity contribution in [2.75, 3.05) is 18.9 Å². The highest BCUT2D eigenvalue weighted by Gasteiger charge is 2.06. The van der Waals surface area contributed by atoms with Gasteiger partial charge in [-0.15, -0.1) is 24.0 Å². The molecule has 0 radical (unpaired) electrons. The van der Waals surface area contributed by atoms with E-state index in [1.54, 1.807) is 19.3 Å². The molecule has 0 spiro atoms. The van der Waals surface area contributed by atoms with Crippen LogP contribution in [-0.4, -0.2) is 30.4 Å². The lowest BCUT2D eigenvalue weighted by Crippen LogP contribution is -2.37. The van der Waals surface area contributed by atoms with Gasteiger partial charge in [-0.2, -0.15) is 0 Å². The van der Waals surface area contributed by atoms with Crippen LogP contribution in [0.25, 0.3) is 0 Å². The third kappa shape index (κ3) is 9.94. The molecule has 0 saturated carbocycles. The highest BCUT2D eigenvalue weighted by Crippen LogP contribution is 2.12. The van der Waals surface area contributed by atoms with Gasteiger partial charge in [0.15, 0.2) is 5.96 Å². The summed E-state index contributed by atoms with van der Waals surface area (Å²) in [4.78, 5) is 20.3. The van der Waals surface area contributed by atoms with Crippen LogP contribution in [0.5, 0.6) is 0 Å². The van der Waals surface area contributed by atoms with Gasteiger partial charge in [0, 0.05) is 38.4 Å². The summed E-state index contributed by atoms with van der Waals surface area (Å²) < 4.78 is 0. The van der Waals surface area contributed by atoms with Crippen LogP contribution in [0.15, 0.2) is 47.6 Å². The average Bonchev–Trinajstić information content (AvgIpc) is 2.65. The number of carbonyl (C=O) groups is 1. The standard InChI is InChI=1S/C21H28ClN5O.HI/c1-15(2)11-20(28)27-18-6-4-5-17(12-18)14-26-21(23-3)24-10-9-16-7-8-19(22)25-13-16;/h4-8,12-13,15H,9-11,14H2,1-3H3,(H,27,28)(H2,23,24,26);1H. The molecule has 0 atom stereocenters. The van der Waals surface area contributed by atoms with Crippen molar-refractivity contribution >= 4 is 53.1 Å². The predicted octanol–water partition coefficient (Wildman–Crippen LogP) is 4.25. The van der Waals surface area contributed by atoms with E-state index in [4.69, 9.17) is 11.6 Å². The second-order valence-corrected chi connectivity index (χ2v) is 7.33. The average molecular weight is 530 g/mol. The van der Waals surface area contributed by atoms with Crippen LogP contribution >= 0.6 is 35.6 Å². The number of hydrogen-bond acceptors (Lipinski definition) is 3. The SMILES string of the molecule is CN=C(NCCc1ccc(Cl)nc1)NCc1cccc(NC(=O)CC(C)C)c1.I. The van der Waals surface area contributed by atoms with Crippen LogP contribution in [0.3, 0.4) is 0 Å². The van der Waals surface area contributed by atoms with Crippen LogP contribution in [0.1, 0.15) is 31.4 Å². The Balaban J connectivity index is 0.00000420. The Morgan fingerprint density at radius 1 is 1.17 bits per heavy atom. The van der Waals surface area contributed by atoms with E-state index in [1.807, 2.05) is 44.2 Å². The molecule has 1 heterocycles. The molecule has 8 heteroatoms. The number of amides is 1. The lowest BCUT2D eigenvalue weighted by atomic mass is 10.1. The molecular formula is C21H29ClIN5O. The fourth-order valence-electron chi connectivity index (χ4n) is 2.63. The van der Waals surface area contributed by atoms with Gasteiger partial charge in [0.1, 0.15) is 5.15 Å². The topological polar surface area (TPSA) is 78.4 Å². The molecule has 0 bridgehead atoms. The minimum atomic E-state index is 0. The predicted molar refractivity (Wildman–Crippen MR) is 131 cm³/mol. The monoisotopic (exact) mass is 529 g/mol. The lowest BCUT2D eigenvalue weighted by molar-refractivity contribution is -0.116. The number of aromatic nitrogens is 1. The molecule has 2 rings (SSSR count). The number of pyridine rings is 1. The number of guanidine groups is 1. The van der Waals surface area contributed by atoms with Gasteiger partial charge in [0.05, 0.1) is 0 Å². The van der Waals surface area contributed by atoms with Crippen molar-refractivity contribution in [2.24, 2.45) is 10.9 Å². The summed E-state index contributed by atoms with van der Waals surface area (Å²) in [5, 5.41) is 10.0. The molecule has 1 amide bonds. The van der Waals surface area contributed by atoms with Crippen molar-refractivity contribution in [1.82, 2.24) is 15.6 Å². The van der Waals surface area contributed by atoms with Gasteiger partial charge in [0.2, 0.25) is 5.91 Å². The third-order valence-electron chi connectivity index (χ3n) is 3.98. The maximum atomic E-state index is 11.9. The number of anilines is 1. The van der Waals surface area contributed by atoms with Gasteiger partial charge in [0.25, 0.3) is 0 Å². The van der Waals surface area contributed by atoms with Gasteiger partial charge in [-0.25, -0.2) is 4.98 Å². The summed E-state index contributed by atoms with van der Waals surface area (Å²) in [6.45, 7) is 5.40. The van der Waals surface area contributed by atoms with Crippen LogP contribution < -0.4 is 16.0 Å². The first-order valence-corrected chi connectivity index (χ1v) is 9.78. The van der Waals surface area contributed by atoms with E-state index >= 15 is 0 Å². The summed E-state index contributed by atoms with van der Waals surface area (Å²) in [5.74, 6) is 1.09. The van der Waals surface area contributed by atoms with E-state index < -0.39 is 0 Å². The first-order chi connectivity index (χ1) is 13.5. The maximum Gasteiger partial charge on any atom is 0.224 e. The number of nitrogens with zero attached hydrogens (tertiary/aromatic N) is 2. The fourth-order valence-corrected chi connectivity index (χ4v) is 2.74. The molecule has 0 unspecified atom stereocenters. The maximum absolute atomic E-state index is 11.9. The Hall–Kier alpha value is -1.87. The Labute approximate surface area is 195 Å². The molecule has 1 aromatic heterocycles. The van der Waals surface area contributed by atoms with Crippen molar-refractivity contribution in [2.45, 2.75) is 33.2 Å². The zero-order valence-corrected chi connectivity index (χ0v) is 20.1. The van der Waals surface area contributed by atoms with E-state index in [9.17, 15) is 4.79 Å². The number of benzene rings is 1. The zero-order chi connectivity index (χ0) is 20.4. The molecule has 1 aromatic carbocycles. The first kappa shape index (κ1) is 25.2. The Morgan fingerprint density at radius 3 is 2.62 bits per heavy atom. The van der Waals surface area contributed by atoms with Crippen molar-refractivity contribution in [3.63, 3.8) is 0 Å². The number of halogens is 2. The van der Waals surface area contributed by atoms with Crippen LogP contribution in [0.2, 0.25) is 5.15 Å². The second-order valence-electron chi connectivity index (χ2n) is 6.94. The number of carbonyl (C=O) groups excluding carboxylic acids is 1. The molecule has 0 aliphatic heterocycles. The summed E-state index contributed by atoms with van der Waals surface area (Å²) in [6.07, 6.45) is 3.11. The minimum absolute atomic E-state index is 0. The highest BCUT2D eigenvalue weighted by molar-refractivity contribution is 14.0. The summed E-state index contributed by atoms with van der Waals surface area (Å²) in [7, 11) is 1.74. The molecule has 2 aromatic rings. The quantitative estimate of drug-likeness (QED) is 0.207. The largest absolute Gasteiger partial charge is 0.356 e. The molecule has 29 heavy (non-hydrogen) atoms. The van der Waals surface area contributed by atoms with Crippen LogP contribution in [0.4, 0.5) is 5.69 Å². The normalized spacial score (nSPS) is 11.0. The van der Waals surface area contributed by atoms with E-state index in [0.29, 0.717) is 24.0 Å². The lowest BCUT2D eigenvalue weighted by Gasteiger charge is -2.13. The van der Waals surface area contributed by atoms with Crippen molar-refractivity contribution in [3.05, 3.63) is 58.9 Å². The number of nitrogens with one attached hydrogen (secondary N) is 3. The van der Waals surface area contributed by atoms with Crippen molar-refractivity contribution in [1.29, 1.82) is 0 Å². The van der Waals surface area contributed by atoms with Gasteiger partial charge < -0.3 is 16.0 Å².